The first-order valence-electron chi connectivity index (χ1n) is 15.8. The summed E-state index contributed by atoms with van der Waals surface area (Å²) in [6, 6.07) is 23.3. The van der Waals surface area contributed by atoms with E-state index in [-0.39, 0.29) is 34.3 Å². The van der Waals surface area contributed by atoms with Crippen molar-refractivity contribution in [3.05, 3.63) is 102 Å². The standard InChI is InChI=1S/C35H42N2O10S3/c1-4-37(30-9-7-10-32(23-30)49(42,43)21-18-39)31-15-13-27(22-28-8-5-6-11-35(28)50(44,45)46)34(25-31)47-33-24-29(14-12-26(33)2)36(3)16-19-48(40,41)20-17-38/h5-15,23-25,38-39H,4,16-22H2,1-3H3,(H,44,45,46). The summed E-state index contributed by atoms with van der Waals surface area (Å²) in [4.78, 5) is 3.47. The van der Waals surface area contributed by atoms with E-state index in [1.807, 2.05) is 30.9 Å². The molecule has 0 fully saturated rings. The number of nitrogens with zero attached hydrogens (tertiary/aromatic N) is 2. The Kier molecular flexibility index (Phi) is 12.7. The van der Waals surface area contributed by atoms with Gasteiger partial charge in [-0.3, -0.25) is 4.55 Å². The van der Waals surface area contributed by atoms with E-state index in [1.54, 1.807) is 60.5 Å². The lowest BCUT2D eigenvalue weighted by atomic mass is 10.0. The molecule has 270 valence electrons. The Balaban J connectivity index is 1.79. The molecule has 0 aliphatic carbocycles. The van der Waals surface area contributed by atoms with E-state index >= 15 is 0 Å². The monoisotopic (exact) mass is 746 g/mol. The molecule has 3 N–H and O–H groups in total. The van der Waals surface area contributed by atoms with Crippen molar-refractivity contribution in [2.75, 3.05) is 60.4 Å². The molecule has 0 aliphatic heterocycles. The van der Waals surface area contributed by atoms with Crippen LogP contribution in [0.5, 0.6) is 11.5 Å². The Bertz CT molecular complexity index is 2140. The van der Waals surface area contributed by atoms with Crippen molar-refractivity contribution in [3.8, 4) is 11.5 Å². The Hall–Kier alpha value is -3.99. The minimum atomic E-state index is -4.53. The zero-order valence-electron chi connectivity index (χ0n) is 28.1. The zero-order chi connectivity index (χ0) is 36.7. The summed E-state index contributed by atoms with van der Waals surface area (Å²) in [5, 5.41) is 18.3. The van der Waals surface area contributed by atoms with Gasteiger partial charge >= 0.3 is 0 Å². The van der Waals surface area contributed by atoms with E-state index in [1.165, 1.54) is 24.3 Å². The number of aliphatic hydroxyl groups excluding tert-OH is 2. The number of anilines is 3. The van der Waals surface area contributed by atoms with Gasteiger partial charge in [0.2, 0.25) is 0 Å². The molecule has 4 aromatic rings. The first-order valence-corrected chi connectivity index (χ1v) is 20.7. The first-order chi connectivity index (χ1) is 23.6. The number of aliphatic hydroxyl groups is 2. The number of hydrogen-bond acceptors (Lipinski definition) is 11. The lowest BCUT2D eigenvalue weighted by Crippen LogP contribution is -2.27. The van der Waals surface area contributed by atoms with Crippen molar-refractivity contribution in [2.45, 2.75) is 30.1 Å². The summed E-state index contributed by atoms with van der Waals surface area (Å²) in [6.45, 7) is 3.40. The molecule has 0 radical (unpaired) electrons. The summed E-state index contributed by atoms with van der Waals surface area (Å²) < 4.78 is 90.7. The van der Waals surface area contributed by atoms with E-state index < -0.39 is 48.8 Å². The van der Waals surface area contributed by atoms with Gasteiger partial charge in [-0.05, 0) is 66.9 Å². The normalized spacial score (nSPS) is 12.1. The van der Waals surface area contributed by atoms with Gasteiger partial charge in [0, 0.05) is 55.8 Å². The van der Waals surface area contributed by atoms with Crippen LogP contribution in [0, 0.1) is 6.92 Å². The number of hydrogen-bond donors (Lipinski definition) is 3. The van der Waals surface area contributed by atoms with Gasteiger partial charge in [0.15, 0.2) is 19.7 Å². The van der Waals surface area contributed by atoms with Crippen LogP contribution in [0.15, 0.2) is 94.7 Å². The van der Waals surface area contributed by atoms with Crippen LogP contribution in [0.3, 0.4) is 0 Å². The topological polar surface area (TPSA) is 179 Å². The predicted octanol–water partition coefficient (Wildman–Crippen LogP) is 4.39. The molecule has 0 atom stereocenters. The second-order valence-electron chi connectivity index (χ2n) is 11.7. The fourth-order valence-corrected chi connectivity index (χ4v) is 8.18. The summed E-state index contributed by atoms with van der Waals surface area (Å²) in [7, 11) is -9.93. The highest BCUT2D eigenvalue weighted by molar-refractivity contribution is 7.91. The fourth-order valence-electron chi connectivity index (χ4n) is 5.36. The second-order valence-corrected chi connectivity index (χ2v) is 17.5. The summed E-state index contributed by atoms with van der Waals surface area (Å²) >= 11 is 0. The van der Waals surface area contributed by atoms with Gasteiger partial charge in [0.1, 0.15) is 11.5 Å². The van der Waals surface area contributed by atoms with Crippen LogP contribution >= 0.6 is 0 Å². The highest BCUT2D eigenvalue weighted by Crippen LogP contribution is 2.37. The molecule has 0 amide bonds. The van der Waals surface area contributed by atoms with E-state index in [9.17, 15) is 34.9 Å². The van der Waals surface area contributed by atoms with Crippen LogP contribution in [0.1, 0.15) is 23.6 Å². The first kappa shape index (κ1) is 38.8. The van der Waals surface area contributed by atoms with Crippen molar-refractivity contribution < 1.29 is 44.8 Å². The van der Waals surface area contributed by atoms with E-state index in [0.717, 1.165) is 5.56 Å². The molecule has 0 unspecified atom stereocenters. The molecule has 0 saturated carbocycles. The quantitative estimate of drug-likeness (QED) is 0.130. The molecule has 0 heterocycles. The number of rotatable bonds is 17. The van der Waals surface area contributed by atoms with Crippen molar-refractivity contribution in [1.29, 1.82) is 0 Å². The van der Waals surface area contributed by atoms with Gasteiger partial charge in [-0.2, -0.15) is 8.42 Å². The smallest absolute Gasteiger partial charge is 0.294 e. The third-order valence-corrected chi connectivity index (χ3v) is 12.4. The molecule has 0 bridgehead atoms. The average molecular weight is 747 g/mol. The van der Waals surface area contributed by atoms with Gasteiger partial charge < -0.3 is 24.7 Å². The van der Waals surface area contributed by atoms with E-state index in [0.29, 0.717) is 46.2 Å². The Labute approximate surface area is 294 Å². The van der Waals surface area contributed by atoms with Crippen molar-refractivity contribution in [3.63, 3.8) is 0 Å². The SMILES string of the molecule is CCN(c1cccc(S(=O)(=O)CCO)c1)c1ccc(Cc2ccccc2S(=O)(=O)O)c(Oc2cc(N(C)CCS(=O)(=O)CCO)ccc2C)c1. The van der Waals surface area contributed by atoms with Crippen LogP contribution in [-0.2, 0) is 36.2 Å². The largest absolute Gasteiger partial charge is 0.457 e. The highest BCUT2D eigenvalue weighted by atomic mass is 32.2. The molecular formula is C35H42N2O10S3. The van der Waals surface area contributed by atoms with Crippen LogP contribution in [-0.4, -0.2) is 90.6 Å². The zero-order valence-corrected chi connectivity index (χ0v) is 30.5. The van der Waals surface area contributed by atoms with Crippen LogP contribution in [0.4, 0.5) is 17.1 Å². The van der Waals surface area contributed by atoms with Gasteiger partial charge in [-0.1, -0.05) is 36.4 Å². The predicted molar refractivity (Wildman–Crippen MR) is 194 cm³/mol. The average Bonchev–Trinajstić information content (AvgIpc) is 3.06. The molecule has 4 rings (SSSR count). The molecule has 12 nitrogen and oxygen atoms in total. The van der Waals surface area contributed by atoms with E-state index in [4.69, 9.17) is 9.84 Å². The minimum absolute atomic E-state index is 0.0677. The maximum atomic E-state index is 12.7. The van der Waals surface area contributed by atoms with Gasteiger partial charge in [-0.25, -0.2) is 16.8 Å². The van der Waals surface area contributed by atoms with Gasteiger partial charge in [-0.15, -0.1) is 0 Å². The number of ether oxygens (including phenoxy) is 1. The molecule has 4 aromatic carbocycles. The molecular weight excluding hydrogens is 705 g/mol. The molecule has 0 spiro atoms. The maximum Gasteiger partial charge on any atom is 0.294 e. The third kappa shape index (κ3) is 9.83. The second kappa shape index (κ2) is 16.4. The van der Waals surface area contributed by atoms with Gasteiger partial charge in [0.25, 0.3) is 10.1 Å². The van der Waals surface area contributed by atoms with Crippen LogP contribution in [0.25, 0.3) is 0 Å². The van der Waals surface area contributed by atoms with Crippen molar-refractivity contribution in [2.24, 2.45) is 0 Å². The molecule has 0 aromatic heterocycles. The van der Waals surface area contributed by atoms with Gasteiger partial charge in [0.05, 0.1) is 40.3 Å². The fraction of sp³-hybridized carbons (Fsp3) is 0.314. The summed E-state index contributed by atoms with van der Waals surface area (Å²) in [5.74, 6) is -0.0619. The lowest BCUT2D eigenvalue weighted by molar-refractivity contribution is 0.319. The summed E-state index contributed by atoms with van der Waals surface area (Å²) in [5.41, 5.74) is 3.60. The molecule has 15 heteroatoms. The van der Waals surface area contributed by atoms with Crippen molar-refractivity contribution >= 4 is 46.9 Å². The third-order valence-electron chi connectivity index (χ3n) is 8.13. The Morgan fingerprint density at radius 3 is 2.04 bits per heavy atom. The highest BCUT2D eigenvalue weighted by Gasteiger charge is 2.21. The minimum Gasteiger partial charge on any atom is -0.457 e. The molecule has 50 heavy (non-hydrogen) atoms. The number of sulfone groups is 2. The molecule has 0 saturated heterocycles. The van der Waals surface area contributed by atoms with E-state index in [2.05, 4.69) is 0 Å². The molecule has 0 aliphatic rings. The lowest BCUT2D eigenvalue weighted by Gasteiger charge is -2.26. The van der Waals surface area contributed by atoms with Crippen molar-refractivity contribution in [1.82, 2.24) is 0 Å². The Morgan fingerprint density at radius 2 is 1.36 bits per heavy atom. The Morgan fingerprint density at radius 1 is 0.700 bits per heavy atom. The summed E-state index contributed by atoms with van der Waals surface area (Å²) in [6.07, 6.45) is 0.0773. The maximum absolute atomic E-state index is 12.7. The number of benzene rings is 4. The number of aryl methyl sites for hydroxylation is 1. The van der Waals surface area contributed by atoms with Crippen LogP contribution in [0.2, 0.25) is 0 Å². The van der Waals surface area contributed by atoms with Crippen LogP contribution < -0.4 is 14.5 Å².